The Balaban J connectivity index is 1.93. The molecule has 0 fully saturated rings. The number of esters is 1. The van der Waals surface area contributed by atoms with E-state index in [1.165, 1.54) is 27.2 Å². The van der Waals surface area contributed by atoms with E-state index in [0.29, 0.717) is 27.1 Å². The van der Waals surface area contributed by atoms with Gasteiger partial charge in [0.05, 0.1) is 30.9 Å². The second kappa shape index (κ2) is 11.1. The Hall–Kier alpha value is -4.09. The van der Waals surface area contributed by atoms with Gasteiger partial charge in [-0.25, -0.2) is 9.79 Å². The molecule has 4 aromatic rings. The van der Waals surface area contributed by atoms with Gasteiger partial charge in [-0.1, -0.05) is 53.3 Å². The van der Waals surface area contributed by atoms with Gasteiger partial charge in [-0.05, 0) is 48.0 Å². The molecule has 0 aliphatic carbocycles. The van der Waals surface area contributed by atoms with Gasteiger partial charge >= 0.3 is 12.1 Å². The summed E-state index contributed by atoms with van der Waals surface area (Å²) in [7, 11) is 2.80. The molecular weight excluding hydrogens is 581 g/mol. The number of benzene rings is 3. The highest BCUT2D eigenvalue weighted by atomic mass is 35.5. The molecule has 0 spiro atoms. The number of hydrogen-bond donors (Lipinski definition) is 0. The fourth-order valence-corrected chi connectivity index (χ4v) is 5.98. The van der Waals surface area contributed by atoms with Crippen LogP contribution in [0.25, 0.3) is 16.8 Å². The van der Waals surface area contributed by atoms with Gasteiger partial charge in [0, 0.05) is 16.1 Å². The summed E-state index contributed by atoms with van der Waals surface area (Å²) in [4.78, 5) is 30.9. The molecule has 41 heavy (non-hydrogen) atoms. The number of nitrogens with zero attached hydrogens (tertiary/aromatic N) is 2. The molecule has 0 saturated carbocycles. The van der Waals surface area contributed by atoms with E-state index in [1.54, 1.807) is 54.6 Å². The van der Waals surface area contributed by atoms with Crippen LogP contribution in [0.2, 0.25) is 5.02 Å². The highest BCUT2D eigenvalue weighted by Gasteiger charge is 2.46. The summed E-state index contributed by atoms with van der Waals surface area (Å²) < 4.78 is 60.9. The number of aromatic nitrogens is 1. The number of methoxy groups -OCH3 is 2. The normalized spacial score (nSPS) is 15.5. The summed E-state index contributed by atoms with van der Waals surface area (Å²) in [6.45, 7) is 1.29. The van der Waals surface area contributed by atoms with Gasteiger partial charge in [-0.15, -0.1) is 0 Å². The van der Waals surface area contributed by atoms with E-state index in [1.807, 2.05) is 0 Å². The molecular formula is C29H22ClF3N2O5S. The number of halogens is 4. The molecule has 0 bridgehead atoms. The zero-order valence-corrected chi connectivity index (χ0v) is 23.5. The minimum Gasteiger partial charge on any atom is -0.496 e. The highest BCUT2D eigenvalue weighted by Crippen LogP contribution is 2.43. The van der Waals surface area contributed by atoms with Crippen molar-refractivity contribution >= 4 is 45.8 Å². The predicted molar refractivity (Wildman–Crippen MR) is 149 cm³/mol. The molecule has 1 aliphatic rings. The maximum Gasteiger partial charge on any atom is 0.434 e. The molecule has 3 aromatic carbocycles. The topological polar surface area (TPSA) is 79.1 Å². The highest BCUT2D eigenvalue weighted by molar-refractivity contribution is 7.07. The van der Waals surface area contributed by atoms with Crippen LogP contribution < -0.4 is 24.4 Å². The van der Waals surface area contributed by atoms with Crippen molar-refractivity contribution in [3.63, 3.8) is 0 Å². The quantitative estimate of drug-likeness (QED) is 0.285. The number of rotatable bonds is 6. The van der Waals surface area contributed by atoms with Crippen molar-refractivity contribution in [1.29, 1.82) is 0 Å². The Morgan fingerprint density at radius 1 is 1.10 bits per heavy atom. The van der Waals surface area contributed by atoms with Crippen molar-refractivity contribution in [3.05, 3.63) is 102 Å². The van der Waals surface area contributed by atoms with Gasteiger partial charge in [0.2, 0.25) is 0 Å². The van der Waals surface area contributed by atoms with Gasteiger partial charge in [-0.2, -0.15) is 13.2 Å². The van der Waals surface area contributed by atoms with E-state index in [2.05, 4.69) is 4.99 Å². The number of thiazole rings is 1. The lowest BCUT2D eigenvalue weighted by Crippen LogP contribution is -2.41. The third kappa shape index (κ3) is 5.11. The molecule has 1 aliphatic heterocycles. The van der Waals surface area contributed by atoms with E-state index >= 15 is 0 Å². The fraction of sp³-hybridized carbons (Fsp3) is 0.207. The lowest BCUT2D eigenvalue weighted by Gasteiger charge is -2.28. The summed E-state index contributed by atoms with van der Waals surface area (Å²) in [6.07, 6.45) is -3.57. The van der Waals surface area contributed by atoms with Crippen molar-refractivity contribution in [3.8, 4) is 11.5 Å². The summed E-state index contributed by atoms with van der Waals surface area (Å²) in [5.74, 6) is -0.657. The lowest BCUT2D eigenvalue weighted by molar-refractivity contribution is -0.140. The molecule has 212 valence electrons. The number of ether oxygens (including phenoxy) is 3. The van der Waals surface area contributed by atoms with E-state index in [4.69, 9.17) is 25.8 Å². The number of fused-ring (bicyclic) bond motifs is 2. The minimum atomic E-state index is -5.04. The third-order valence-electron chi connectivity index (χ3n) is 6.50. The second-order valence-electron chi connectivity index (χ2n) is 8.85. The standard InChI is InChI=1S/C29H22ClF3N2O5S/c1-4-40-27(37)23-24(22-18-8-6-5-7-15(18)9-11-20(22)39-3)35-26(36)21(41-28(35)34-25(23)29(31,32)33)14-16-13-17(30)10-12-19(16)38-2/h5-14,24H,4H2,1-3H3/b21-14-/t24-/m1/s1. The molecule has 0 unspecified atom stereocenters. The summed E-state index contributed by atoms with van der Waals surface area (Å²) in [6, 6.07) is 13.5. The van der Waals surface area contributed by atoms with E-state index in [9.17, 15) is 22.8 Å². The number of carbonyl (C=O) groups excluding carboxylic acids is 1. The van der Waals surface area contributed by atoms with Gasteiger partial charge in [0.25, 0.3) is 5.56 Å². The first-order chi connectivity index (χ1) is 19.6. The smallest absolute Gasteiger partial charge is 0.434 e. The first kappa shape index (κ1) is 28.4. The molecule has 12 heteroatoms. The van der Waals surface area contributed by atoms with Crippen LogP contribution in [-0.4, -0.2) is 37.5 Å². The van der Waals surface area contributed by atoms with Gasteiger partial charge in [-0.3, -0.25) is 9.36 Å². The second-order valence-corrected chi connectivity index (χ2v) is 10.3. The number of alkyl halides is 3. The lowest BCUT2D eigenvalue weighted by atomic mass is 9.90. The first-order valence-electron chi connectivity index (χ1n) is 12.3. The SMILES string of the molecule is CCOC(=O)C1=C(C(F)(F)F)N=c2s/c(=C\c3cc(Cl)ccc3OC)c(=O)n2[C@@H]1c1c(OC)ccc2ccccc12. The van der Waals surface area contributed by atoms with Crippen LogP contribution in [0, 0.1) is 0 Å². The van der Waals surface area contributed by atoms with Crippen LogP contribution >= 0.6 is 22.9 Å². The molecule has 1 aromatic heterocycles. The van der Waals surface area contributed by atoms with Crippen molar-refractivity contribution in [1.82, 2.24) is 4.57 Å². The van der Waals surface area contributed by atoms with Crippen molar-refractivity contribution in [2.75, 3.05) is 20.8 Å². The Kier molecular flexibility index (Phi) is 7.67. The summed E-state index contributed by atoms with van der Waals surface area (Å²) in [5.41, 5.74) is -2.29. The Morgan fingerprint density at radius 2 is 1.80 bits per heavy atom. The average molecular weight is 603 g/mol. The fourth-order valence-electron chi connectivity index (χ4n) is 4.81. The van der Waals surface area contributed by atoms with Crippen molar-refractivity contribution in [2.24, 2.45) is 4.99 Å². The Bertz CT molecular complexity index is 1900. The molecule has 2 heterocycles. The van der Waals surface area contributed by atoms with Gasteiger partial charge < -0.3 is 14.2 Å². The van der Waals surface area contributed by atoms with Gasteiger partial charge in [0.15, 0.2) is 10.5 Å². The predicted octanol–water partition coefficient (Wildman–Crippen LogP) is 5.16. The largest absolute Gasteiger partial charge is 0.496 e. The first-order valence-corrected chi connectivity index (χ1v) is 13.5. The monoisotopic (exact) mass is 602 g/mol. The van der Waals surface area contributed by atoms with E-state index < -0.39 is 35.0 Å². The number of hydrogen-bond acceptors (Lipinski definition) is 7. The van der Waals surface area contributed by atoms with Crippen LogP contribution in [0.1, 0.15) is 24.1 Å². The number of carbonyl (C=O) groups is 1. The minimum absolute atomic E-state index is 0.0557. The van der Waals surface area contributed by atoms with Crippen LogP contribution in [0.5, 0.6) is 11.5 Å². The summed E-state index contributed by atoms with van der Waals surface area (Å²) in [5, 5.41) is 1.53. The third-order valence-corrected chi connectivity index (χ3v) is 7.72. The molecule has 0 saturated heterocycles. The molecule has 5 rings (SSSR count). The molecule has 0 N–H and O–H groups in total. The zero-order chi connectivity index (χ0) is 29.5. The van der Waals surface area contributed by atoms with Crippen LogP contribution in [0.3, 0.4) is 0 Å². The Labute approximate surface area is 240 Å². The molecule has 7 nitrogen and oxygen atoms in total. The van der Waals surface area contributed by atoms with Gasteiger partial charge in [0.1, 0.15) is 17.5 Å². The molecule has 0 amide bonds. The maximum atomic E-state index is 14.6. The number of allylic oxidation sites excluding steroid dienone is 1. The van der Waals surface area contributed by atoms with E-state index in [-0.39, 0.29) is 27.3 Å². The van der Waals surface area contributed by atoms with Crippen molar-refractivity contribution in [2.45, 2.75) is 19.1 Å². The van der Waals surface area contributed by atoms with Crippen LogP contribution in [0.15, 0.2) is 75.7 Å². The zero-order valence-electron chi connectivity index (χ0n) is 21.9. The van der Waals surface area contributed by atoms with E-state index in [0.717, 1.165) is 15.9 Å². The summed E-state index contributed by atoms with van der Waals surface area (Å²) >= 11 is 6.90. The maximum absolute atomic E-state index is 14.6. The Morgan fingerprint density at radius 3 is 2.49 bits per heavy atom. The molecule has 0 radical (unpaired) electrons. The van der Waals surface area contributed by atoms with Crippen LogP contribution in [0.4, 0.5) is 13.2 Å². The average Bonchev–Trinajstić information content (AvgIpc) is 3.25. The van der Waals surface area contributed by atoms with Crippen LogP contribution in [-0.2, 0) is 9.53 Å². The van der Waals surface area contributed by atoms with Crippen molar-refractivity contribution < 1.29 is 32.2 Å². The molecule has 1 atom stereocenters.